The van der Waals surface area contributed by atoms with Crippen LogP contribution in [0.1, 0.15) is 11.1 Å². The Hall–Kier alpha value is -4.28. The standard InChI is InChI=1S/C32H23N3S/c1-3-13-29-22(8-1)15-16-23-17-18-25(32-34-28-12-2-4-14-31(28)36-32)21-30(23)35(29)26-10-7-9-24(20-26)27-11-5-6-19-33-27/h1-14,17-21H,15-16H2. The molecule has 172 valence electrons. The summed E-state index contributed by atoms with van der Waals surface area (Å²) in [6.45, 7) is 0. The average molecular weight is 482 g/mol. The molecular formula is C32H23N3S. The van der Waals surface area contributed by atoms with Crippen molar-refractivity contribution in [3.05, 3.63) is 127 Å². The Morgan fingerprint density at radius 2 is 1.47 bits per heavy atom. The van der Waals surface area contributed by atoms with E-state index < -0.39 is 0 Å². The Labute approximate surface area is 214 Å². The molecule has 0 N–H and O–H groups in total. The predicted molar refractivity (Wildman–Crippen MR) is 150 cm³/mol. The number of benzene rings is 4. The molecule has 0 radical (unpaired) electrons. The van der Waals surface area contributed by atoms with Crippen LogP contribution in [0.2, 0.25) is 0 Å². The molecule has 0 saturated heterocycles. The highest BCUT2D eigenvalue weighted by Crippen LogP contribution is 2.44. The fourth-order valence-electron chi connectivity index (χ4n) is 5.07. The molecule has 0 fully saturated rings. The van der Waals surface area contributed by atoms with Crippen LogP contribution in [-0.2, 0) is 12.8 Å². The fraction of sp³-hybridized carbons (Fsp3) is 0.0625. The van der Waals surface area contributed by atoms with Gasteiger partial charge in [-0.1, -0.05) is 60.7 Å². The van der Waals surface area contributed by atoms with E-state index in [1.807, 2.05) is 18.3 Å². The third-order valence-corrected chi connectivity index (χ3v) is 7.91. The summed E-state index contributed by atoms with van der Waals surface area (Å²) in [6.07, 6.45) is 3.87. The smallest absolute Gasteiger partial charge is 0.124 e. The maximum atomic E-state index is 4.94. The summed E-state index contributed by atoms with van der Waals surface area (Å²) in [4.78, 5) is 12.0. The van der Waals surface area contributed by atoms with Crippen molar-refractivity contribution in [1.82, 2.24) is 9.97 Å². The van der Waals surface area contributed by atoms with E-state index in [1.54, 1.807) is 11.3 Å². The lowest BCUT2D eigenvalue weighted by molar-refractivity contribution is 0.978. The summed E-state index contributed by atoms with van der Waals surface area (Å²) in [6, 6.07) is 38.7. The number of aryl methyl sites for hydroxylation is 2. The van der Waals surface area contributed by atoms with Gasteiger partial charge in [-0.3, -0.25) is 4.98 Å². The van der Waals surface area contributed by atoms with Gasteiger partial charge in [-0.15, -0.1) is 11.3 Å². The van der Waals surface area contributed by atoms with Gasteiger partial charge in [0.1, 0.15) is 5.01 Å². The van der Waals surface area contributed by atoms with Crippen LogP contribution < -0.4 is 4.90 Å². The molecule has 1 aliphatic rings. The van der Waals surface area contributed by atoms with E-state index in [0.29, 0.717) is 0 Å². The summed E-state index contributed by atoms with van der Waals surface area (Å²) < 4.78 is 1.22. The Balaban J connectivity index is 1.42. The lowest BCUT2D eigenvalue weighted by Gasteiger charge is -2.28. The predicted octanol–water partition coefficient (Wildman–Crippen LogP) is 8.59. The summed E-state index contributed by atoms with van der Waals surface area (Å²) in [5.74, 6) is 0. The van der Waals surface area contributed by atoms with Gasteiger partial charge in [0, 0.05) is 28.7 Å². The van der Waals surface area contributed by atoms with Crippen molar-refractivity contribution in [1.29, 1.82) is 0 Å². The molecule has 0 aliphatic carbocycles. The van der Waals surface area contributed by atoms with Gasteiger partial charge in [0.05, 0.1) is 21.6 Å². The Morgan fingerprint density at radius 3 is 2.36 bits per heavy atom. The number of para-hydroxylation sites is 2. The van der Waals surface area contributed by atoms with Gasteiger partial charge in [-0.05, 0) is 72.5 Å². The molecule has 4 aromatic carbocycles. The van der Waals surface area contributed by atoms with Gasteiger partial charge in [0.2, 0.25) is 0 Å². The first kappa shape index (κ1) is 21.0. The van der Waals surface area contributed by atoms with E-state index in [1.165, 1.54) is 27.2 Å². The van der Waals surface area contributed by atoms with Gasteiger partial charge in [-0.25, -0.2) is 4.98 Å². The van der Waals surface area contributed by atoms with E-state index in [4.69, 9.17) is 4.98 Å². The number of rotatable bonds is 3. The highest BCUT2D eigenvalue weighted by atomic mass is 32.1. The second-order valence-electron chi connectivity index (χ2n) is 9.06. The molecule has 0 bridgehead atoms. The van der Waals surface area contributed by atoms with E-state index >= 15 is 0 Å². The summed E-state index contributed by atoms with van der Waals surface area (Å²) >= 11 is 1.75. The molecule has 0 amide bonds. The van der Waals surface area contributed by atoms with Crippen LogP contribution in [-0.4, -0.2) is 9.97 Å². The second kappa shape index (κ2) is 8.74. The van der Waals surface area contributed by atoms with Crippen molar-refractivity contribution >= 4 is 38.6 Å². The highest BCUT2D eigenvalue weighted by Gasteiger charge is 2.23. The molecule has 1 aliphatic heterocycles. The maximum absolute atomic E-state index is 4.94. The summed E-state index contributed by atoms with van der Waals surface area (Å²) in [5, 5.41) is 1.05. The van der Waals surface area contributed by atoms with Gasteiger partial charge < -0.3 is 4.90 Å². The Kier molecular flexibility index (Phi) is 5.11. The number of pyridine rings is 1. The van der Waals surface area contributed by atoms with Crippen LogP contribution in [0.5, 0.6) is 0 Å². The lowest BCUT2D eigenvalue weighted by atomic mass is 10.0. The SMILES string of the molecule is c1ccc(-c2cccc(N3c4ccccc4CCc4ccc(-c5nc6ccccc6s5)cc43)c2)nc1. The third kappa shape index (κ3) is 3.67. The minimum absolute atomic E-state index is 0.978. The van der Waals surface area contributed by atoms with Crippen LogP contribution in [0, 0.1) is 0 Å². The molecule has 6 aromatic rings. The van der Waals surface area contributed by atoms with Gasteiger partial charge >= 0.3 is 0 Å². The molecule has 0 saturated carbocycles. The molecule has 2 aromatic heterocycles. The zero-order valence-corrected chi connectivity index (χ0v) is 20.5. The molecule has 0 atom stereocenters. The first-order chi connectivity index (χ1) is 17.8. The molecule has 36 heavy (non-hydrogen) atoms. The van der Waals surface area contributed by atoms with Crippen molar-refractivity contribution in [2.24, 2.45) is 0 Å². The molecule has 7 rings (SSSR count). The first-order valence-corrected chi connectivity index (χ1v) is 13.0. The number of nitrogens with zero attached hydrogens (tertiary/aromatic N) is 3. The van der Waals surface area contributed by atoms with Crippen molar-refractivity contribution < 1.29 is 0 Å². The van der Waals surface area contributed by atoms with Gasteiger partial charge in [0.25, 0.3) is 0 Å². The minimum atomic E-state index is 0.978. The molecule has 0 spiro atoms. The van der Waals surface area contributed by atoms with Crippen molar-refractivity contribution in [3.63, 3.8) is 0 Å². The van der Waals surface area contributed by atoms with Crippen LogP contribution >= 0.6 is 11.3 Å². The normalized spacial score (nSPS) is 12.7. The number of fused-ring (bicyclic) bond motifs is 3. The molecular weight excluding hydrogens is 458 g/mol. The number of aromatic nitrogens is 2. The van der Waals surface area contributed by atoms with Crippen molar-refractivity contribution in [2.45, 2.75) is 12.8 Å². The van der Waals surface area contributed by atoms with E-state index in [9.17, 15) is 0 Å². The quantitative estimate of drug-likeness (QED) is 0.253. The van der Waals surface area contributed by atoms with E-state index in [2.05, 4.69) is 107 Å². The third-order valence-electron chi connectivity index (χ3n) is 6.83. The summed E-state index contributed by atoms with van der Waals surface area (Å²) in [7, 11) is 0. The second-order valence-corrected chi connectivity index (χ2v) is 10.1. The van der Waals surface area contributed by atoms with Gasteiger partial charge in [-0.2, -0.15) is 0 Å². The largest absolute Gasteiger partial charge is 0.310 e. The number of anilines is 3. The van der Waals surface area contributed by atoms with E-state index in [-0.39, 0.29) is 0 Å². The van der Waals surface area contributed by atoms with Crippen molar-refractivity contribution in [2.75, 3.05) is 4.90 Å². The Morgan fingerprint density at radius 1 is 0.639 bits per heavy atom. The minimum Gasteiger partial charge on any atom is -0.310 e. The molecule has 3 heterocycles. The Bertz CT molecular complexity index is 1670. The van der Waals surface area contributed by atoms with Gasteiger partial charge in [0.15, 0.2) is 0 Å². The number of thiazole rings is 1. The zero-order valence-electron chi connectivity index (χ0n) is 19.6. The highest BCUT2D eigenvalue weighted by molar-refractivity contribution is 7.21. The lowest BCUT2D eigenvalue weighted by Crippen LogP contribution is -2.12. The van der Waals surface area contributed by atoms with Crippen LogP contribution in [0.15, 0.2) is 115 Å². The molecule has 0 unspecified atom stereocenters. The zero-order chi connectivity index (χ0) is 23.9. The van der Waals surface area contributed by atoms with Crippen LogP contribution in [0.25, 0.3) is 32.0 Å². The maximum Gasteiger partial charge on any atom is 0.124 e. The number of hydrogen-bond acceptors (Lipinski definition) is 4. The van der Waals surface area contributed by atoms with Crippen LogP contribution in [0.4, 0.5) is 17.1 Å². The average Bonchev–Trinajstić information content (AvgIpc) is 3.31. The number of hydrogen-bond donors (Lipinski definition) is 0. The molecule has 3 nitrogen and oxygen atoms in total. The van der Waals surface area contributed by atoms with Crippen LogP contribution in [0.3, 0.4) is 0 Å². The molecule has 4 heteroatoms. The summed E-state index contributed by atoms with van der Waals surface area (Å²) in [5.41, 5.74) is 10.6. The fourth-order valence-corrected chi connectivity index (χ4v) is 6.03. The van der Waals surface area contributed by atoms with E-state index in [0.717, 1.165) is 45.9 Å². The topological polar surface area (TPSA) is 29.0 Å². The van der Waals surface area contributed by atoms with Crippen molar-refractivity contribution in [3.8, 4) is 21.8 Å². The first-order valence-electron chi connectivity index (χ1n) is 12.2. The monoisotopic (exact) mass is 481 g/mol.